The van der Waals surface area contributed by atoms with Crippen LogP contribution < -0.4 is 0 Å². The molecular weight excluding hydrogens is 340 g/mol. The van der Waals surface area contributed by atoms with E-state index in [1.54, 1.807) is 24.3 Å². The molecule has 2 nitrogen and oxygen atoms in total. The molecule has 0 aliphatic heterocycles. The lowest BCUT2D eigenvalue weighted by Crippen LogP contribution is -2.09. The van der Waals surface area contributed by atoms with Crippen molar-refractivity contribution in [1.29, 1.82) is 0 Å². The Hall–Kier alpha value is -2.39. The van der Waals surface area contributed by atoms with E-state index < -0.39 is 9.84 Å². The molecule has 0 saturated heterocycles. The van der Waals surface area contributed by atoms with Crippen molar-refractivity contribution in [2.45, 2.75) is 37.5 Å². The van der Waals surface area contributed by atoms with Gasteiger partial charge in [0.05, 0.1) is 9.80 Å². The van der Waals surface area contributed by atoms with Gasteiger partial charge in [0.25, 0.3) is 0 Å². The lowest BCUT2D eigenvalue weighted by atomic mass is 9.95. The molecule has 26 heavy (non-hydrogen) atoms. The average Bonchev–Trinajstić information content (AvgIpc) is 2.86. The SMILES string of the molecule is C=C(C)C1=C(S(=O)(=O)c2ccccc2)CCCC/C1=C\c1ccccc1. The van der Waals surface area contributed by atoms with Crippen LogP contribution in [0.5, 0.6) is 0 Å². The van der Waals surface area contributed by atoms with Crippen molar-refractivity contribution < 1.29 is 8.42 Å². The Labute approximate surface area is 156 Å². The maximum Gasteiger partial charge on any atom is 0.203 e. The van der Waals surface area contributed by atoms with Crippen LogP contribution in [0, 0.1) is 0 Å². The zero-order chi connectivity index (χ0) is 18.6. The van der Waals surface area contributed by atoms with E-state index in [2.05, 4.69) is 12.7 Å². The standard InChI is InChI=1S/C23H24O2S/c1-18(2)23-20(17-19-11-5-3-6-12-19)13-9-10-16-22(23)26(24,25)21-14-7-4-8-15-21/h3-8,11-12,14-15,17H,1,9-10,13,16H2,2H3/b20-17+. The molecule has 134 valence electrons. The lowest BCUT2D eigenvalue weighted by Gasteiger charge is -2.16. The van der Waals surface area contributed by atoms with E-state index in [4.69, 9.17) is 0 Å². The van der Waals surface area contributed by atoms with Crippen LogP contribution in [0.3, 0.4) is 0 Å². The maximum atomic E-state index is 13.3. The molecule has 0 N–H and O–H groups in total. The Bertz CT molecular complexity index is 950. The third kappa shape index (κ3) is 3.88. The zero-order valence-electron chi connectivity index (χ0n) is 15.1. The number of hydrogen-bond donors (Lipinski definition) is 0. The van der Waals surface area contributed by atoms with Gasteiger partial charge in [-0.25, -0.2) is 8.42 Å². The predicted octanol–water partition coefficient (Wildman–Crippen LogP) is 5.95. The molecule has 3 rings (SSSR count). The van der Waals surface area contributed by atoms with Gasteiger partial charge in [-0.2, -0.15) is 0 Å². The first kappa shape index (κ1) is 18.4. The highest BCUT2D eigenvalue weighted by Gasteiger charge is 2.27. The fraction of sp³-hybridized carbons (Fsp3) is 0.217. The molecule has 0 aromatic heterocycles. The van der Waals surface area contributed by atoms with Gasteiger partial charge in [-0.15, -0.1) is 0 Å². The Morgan fingerprint density at radius 3 is 2.12 bits per heavy atom. The summed E-state index contributed by atoms with van der Waals surface area (Å²) in [6.45, 7) is 6.01. The molecular formula is C23H24O2S. The van der Waals surface area contributed by atoms with Crippen LogP contribution >= 0.6 is 0 Å². The lowest BCUT2D eigenvalue weighted by molar-refractivity contribution is 0.598. The molecule has 0 heterocycles. The van der Waals surface area contributed by atoms with E-state index in [0.29, 0.717) is 16.2 Å². The summed E-state index contributed by atoms with van der Waals surface area (Å²) in [5.41, 5.74) is 3.77. The second-order valence-corrected chi connectivity index (χ2v) is 8.65. The Kier molecular flexibility index (Phi) is 5.58. The van der Waals surface area contributed by atoms with Crippen molar-refractivity contribution in [3.05, 3.63) is 94.4 Å². The van der Waals surface area contributed by atoms with Crippen molar-refractivity contribution in [1.82, 2.24) is 0 Å². The molecule has 2 aromatic carbocycles. The minimum absolute atomic E-state index is 0.356. The smallest absolute Gasteiger partial charge is 0.203 e. The summed E-state index contributed by atoms with van der Waals surface area (Å²) in [7, 11) is -3.53. The van der Waals surface area contributed by atoms with E-state index >= 15 is 0 Å². The second-order valence-electron chi connectivity index (χ2n) is 6.68. The molecule has 0 atom stereocenters. The van der Waals surface area contributed by atoms with E-state index in [0.717, 1.165) is 41.5 Å². The summed E-state index contributed by atoms with van der Waals surface area (Å²) >= 11 is 0. The van der Waals surface area contributed by atoms with Crippen LogP contribution in [-0.2, 0) is 9.84 Å². The summed E-state index contributed by atoms with van der Waals surface area (Å²) in [5.74, 6) is 0. The number of sulfone groups is 1. The molecule has 0 fully saturated rings. The summed E-state index contributed by atoms with van der Waals surface area (Å²) in [6.07, 6.45) is 5.37. The normalized spacial score (nSPS) is 17.2. The van der Waals surface area contributed by atoms with Gasteiger partial charge in [-0.1, -0.05) is 61.2 Å². The van der Waals surface area contributed by atoms with Gasteiger partial charge in [-0.3, -0.25) is 0 Å². The van der Waals surface area contributed by atoms with Gasteiger partial charge in [-0.05, 0) is 67.0 Å². The van der Waals surface area contributed by atoms with Gasteiger partial charge in [0, 0.05) is 0 Å². The Morgan fingerprint density at radius 1 is 0.923 bits per heavy atom. The summed E-state index contributed by atoms with van der Waals surface area (Å²) in [4.78, 5) is 0.866. The molecule has 0 spiro atoms. The fourth-order valence-electron chi connectivity index (χ4n) is 3.45. The van der Waals surface area contributed by atoms with Gasteiger partial charge in [0.1, 0.15) is 0 Å². The monoisotopic (exact) mass is 364 g/mol. The topological polar surface area (TPSA) is 34.1 Å². The van der Waals surface area contributed by atoms with Crippen molar-refractivity contribution >= 4 is 15.9 Å². The molecule has 1 aliphatic carbocycles. The first-order valence-corrected chi connectivity index (χ1v) is 10.4. The summed E-state index contributed by atoms with van der Waals surface area (Å²) in [5, 5.41) is 0. The first-order valence-electron chi connectivity index (χ1n) is 8.95. The number of hydrogen-bond acceptors (Lipinski definition) is 2. The van der Waals surface area contributed by atoms with Gasteiger partial charge >= 0.3 is 0 Å². The quantitative estimate of drug-likeness (QED) is 0.672. The van der Waals surface area contributed by atoms with Crippen molar-refractivity contribution in [2.24, 2.45) is 0 Å². The van der Waals surface area contributed by atoms with Crippen LogP contribution in [0.1, 0.15) is 38.2 Å². The third-order valence-corrected chi connectivity index (χ3v) is 6.59. The molecule has 0 unspecified atom stereocenters. The van der Waals surface area contributed by atoms with Crippen LogP contribution in [0.2, 0.25) is 0 Å². The number of allylic oxidation sites excluding steroid dienone is 4. The van der Waals surface area contributed by atoms with Crippen molar-refractivity contribution in [2.75, 3.05) is 0 Å². The summed E-state index contributed by atoms with van der Waals surface area (Å²) in [6, 6.07) is 18.8. The van der Waals surface area contributed by atoms with E-state index in [1.807, 2.05) is 43.3 Å². The van der Waals surface area contributed by atoms with Crippen LogP contribution in [0.4, 0.5) is 0 Å². The highest BCUT2D eigenvalue weighted by molar-refractivity contribution is 7.95. The van der Waals surface area contributed by atoms with Crippen molar-refractivity contribution in [3.63, 3.8) is 0 Å². The second kappa shape index (κ2) is 7.88. The molecule has 2 aromatic rings. The predicted molar refractivity (Wildman–Crippen MR) is 108 cm³/mol. The van der Waals surface area contributed by atoms with E-state index in [-0.39, 0.29) is 0 Å². The highest BCUT2D eigenvalue weighted by atomic mass is 32.2. The molecule has 0 bridgehead atoms. The molecule has 3 heteroatoms. The molecule has 0 saturated carbocycles. The number of rotatable bonds is 4. The average molecular weight is 365 g/mol. The molecule has 0 amide bonds. The van der Waals surface area contributed by atoms with Gasteiger partial charge in [0.2, 0.25) is 9.84 Å². The highest BCUT2D eigenvalue weighted by Crippen LogP contribution is 2.38. The Balaban J connectivity index is 2.20. The van der Waals surface area contributed by atoms with E-state index in [9.17, 15) is 8.42 Å². The minimum Gasteiger partial charge on any atom is -0.219 e. The van der Waals surface area contributed by atoms with Crippen LogP contribution in [0.25, 0.3) is 6.08 Å². The largest absolute Gasteiger partial charge is 0.219 e. The van der Waals surface area contributed by atoms with E-state index in [1.165, 1.54) is 0 Å². The third-order valence-electron chi connectivity index (χ3n) is 4.65. The van der Waals surface area contributed by atoms with Crippen molar-refractivity contribution in [3.8, 4) is 0 Å². The molecule has 1 aliphatic rings. The van der Waals surface area contributed by atoms with Gasteiger partial charge in [0.15, 0.2) is 0 Å². The van der Waals surface area contributed by atoms with Crippen LogP contribution in [-0.4, -0.2) is 8.42 Å². The fourth-order valence-corrected chi connectivity index (χ4v) is 5.23. The zero-order valence-corrected chi connectivity index (χ0v) is 15.9. The minimum atomic E-state index is -3.53. The Morgan fingerprint density at radius 2 is 1.50 bits per heavy atom. The maximum absolute atomic E-state index is 13.3. The summed E-state index contributed by atoms with van der Waals surface area (Å²) < 4.78 is 26.7. The first-order chi connectivity index (χ1) is 12.5. The number of benzene rings is 2. The van der Waals surface area contributed by atoms with Gasteiger partial charge < -0.3 is 0 Å². The molecule has 0 radical (unpaired) electrons. The van der Waals surface area contributed by atoms with Crippen LogP contribution in [0.15, 0.2) is 93.8 Å².